The van der Waals surface area contributed by atoms with Crippen LogP contribution in [-0.2, 0) is 10.9 Å². The second kappa shape index (κ2) is 8.90. The van der Waals surface area contributed by atoms with Crippen molar-refractivity contribution in [1.29, 1.82) is 0 Å². The van der Waals surface area contributed by atoms with Crippen LogP contribution in [-0.4, -0.2) is 26.4 Å². The fourth-order valence-corrected chi connectivity index (χ4v) is 3.71. The van der Waals surface area contributed by atoms with Crippen LogP contribution in [0.4, 0.5) is 17.2 Å². The molecule has 0 spiro atoms. The minimum absolute atomic E-state index is 0.0912. The van der Waals surface area contributed by atoms with Gasteiger partial charge in [0.15, 0.2) is 5.58 Å². The van der Waals surface area contributed by atoms with E-state index >= 15 is 0 Å². The van der Waals surface area contributed by atoms with Gasteiger partial charge < -0.3 is 14.5 Å². The van der Waals surface area contributed by atoms with E-state index in [0.29, 0.717) is 22.5 Å². The number of ether oxygens (including phenoxy) is 1. The van der Waals surface area contributed by atoms with Crippen LogP contribution in [0.15, 0.2) is 82.1 Å². The van der Waals surface area contributed by atoms with Gasteiger partial charge in [0.2, 0.25) is 10.9 Å². The van der Waals surface area contributed by atoms with E-state index in [0.717, 1.165) is 4.31 Å². The van der Waals surface area contributed by atoms with Gasteiger partial charge >= 0.3 is 5.63 Å². The van der Waals surface area contributed by atoms with E-state index in [9.17, 15) is 18.0 Å². The number of anilines is 3. The molecule has 0 fully saturated rings. The van der Waals surface area contributed by atoms with Gasteiger partial charge in [0.25, 0.3) is 5.91 Å². The lowest BCUT2D eigenvalue weighted by atomic mass is 10.1. The van der Waals surface area contributed by atoms with Crippen LogP contribution in [0.1, 0.15) is 10.4 Å². The summed E-state index contributed by atoms with van der Waals surface area (Å²) in [6.45, 7) is 0. The van der Waals surface area contributed by atoms with Gasteiger partial charge in [-0.15, -0.1) is 0 Å². The van der Waals surface area contributed by atoms with Crippen molar-refractivity contribution in [3.05, 3.63) is 88.9 Å². The predicted octanol–water partition coefficient (Wildman–Crippen LogP) is 3.11. The first kappa shape index (κ1) is 21.1. The van der Waals surface area contributed by atoms with Gasteiger partial charge in [0.1, 0.15) is 11.6 Å². The third-order valence-electron chi connectivity index (χ3n) is 4.59. The first-order valence-electron chi connectivity index (χ1n) is 9.35. The maximum Gasteiger partial charge on any atom is 0.336 e. The number of carbonyl (C=O) groups excluding carboxylic acids is 1. The number of thiol groups is 1. The van der Waals surface area contributed by atoms with E-state index < -0.39 is 22.4 Å². The number of carbonyl (C=O) groups is 1. The number of nitrogens with zero attached hydrogens (tertiary/aromatic N) is 2. The van der Waals surface area contributed by atoms with E-state index in [2.05, 4.69) is 10.3 Å². The zero-order valence-corrected chi connectivity index (χ0v) is 17.6. The van der Waals surface area contributed by atoms with Crippen LogP contribution >= 0.6 is 0 Å². The second-order valence-corrected chi connectivity index (χ2v) is 7.46. The Bertz CT molecular complexity index is 1420. The van der Waals surface area contributed by atoms with Crippen LogP contribution in [0.3, 0.4) is 0 Å². The third kappa shape index (κ3) is 4.30. The summed E-state index contributed by atoms with van der Waals surface area (Å²) in [4.78, 5) is 28.6. The normalized spacial score (nSPS) is 10.8. The average Bonchev–Trinajstić information content (AvgIpc) is 2.79. The molecule has 4 rings (SSSR count). The molecule has 0 unspecified atom stereocenters. The highest BCUT2D eigenvalue weighted by Gasteiger charge is 2.16. The SMILES string of the molecule is COc1ccc(N(c2cc(NC(=O)c3cccc4ccc(=O)oc34)ccn2)[SH](=O)=O)cc1. The molecule has 162 valence electrons. The molecule has 0 atom stereocenters. The number of nitrogens with one attached hydrogen (secondary N) is 1. The van der Waals surface area contributed by atoms with Gasteiger partial charge in [-0.2, -0.15) is 0 Å². The molecule has 0 aliphatic carbocycles. The maximum absolute atomic E-state index is 12.9. The van der Waals surface area contributed by atoms with Gasteiger partial charge in [0.05, 0.1) is 18.4 Å². The van der Waals surface area contributed by atoms with E-state index in [1.54, 1.807) is 42.5 Å². The average molecular weight is 451 g/mol. The maximum atomic E-state index is 12.9. The molecule has 2 aromatic carbocycles. The molecule has 2 aromatic heterocycles. The molecule has 4 aromatic rings. The molecular weight excluding hydrogens is 434 g/mol. The molecule has 10 heteroatoms. The molecule has 2 heterocycles. The summed E-state index contributed by atoms with van der Waals surface area (Å²) >= 11 is 0. The number of amides is 1. The number of benzene rings is 2. The molecule has 0 aliphatic heterocycles. The van der Waals surface area contributed by atoms with Crippen molar-refractivity contribution in [3.8, 4) is 5.75 Å². The largest absolute Gasteiger partial charge is 0.497 e. The molecule has 1 amide bonds. The van der Waals surface area contributed by atoms with E-state index in [4.69, 9.17) is 9.15 Å². The third-order valence-corrected chi connectivity index (χ3v) is 5.35. The van der Waals surface area contributed by atoms with Crippen molar-refractivity contribution in [2.45, 2.75) is 0 Å². The number of hydrogen-bond acceptors (Lipinski definition) is 7. The fourth-order valence-electron chi connectivity index (χ4n) is 3.12. The van der Waals surface area contributed by atoms with E-state index in [-0.39, 0.29) is 17.0 Å². The molecule has 0 saturated carbocycles. The Labute approximate surface area is 184 Å². The van der Waals surface area contributed by atoms with Crippen molar-refractivity contribution in [3.63, 3.8) is 0 Å². The van der Waals surface area contributed by atoms with Crippen molar-refractivity contribution in [1.82, 2.24) is 4.98 Å². The van der Waals surface area contributed by atoms with Crippen LogP contribution < -0.4 is 20.0 Å². The standard InChI is InChI=1S/C22H17N3O6S/c1-30-17-8-6-16(7-9-17)25(32(28)29)19-13-15(11-12-23-19)24-22(27)18-4-2-3-14-5-10-20(26)31-21(14)18/h2-13,32H,1H3,(H,23,24,27). The summed E-state index contributed by atoms with van der Waals surface area (Å²) in [7, 11) is -1.56. The molecule has 32 heavy (non-hydrogen) atoms. The van der Waals surface area contributed by atoms with E-state index in [1.807, 2.05) is 0 Å². The Morgan fingerprint density at radius 1 is 1.06 bits per heavy atom. The number of rotatable bonds is 6. The van der Waals surface area contributed by atoms with Crippen molar-refractivity contribution < 1.29 is 22.4 Å². The molecular formula is C22H17N3O6S. The lowest BCUT2D eigenvalue weighted by Gasteiger charge is -2.18. The summed E-state index contributed by atoms with van der Waals surface area (Å²) < 4.78 is 35.2. The Balaban J connectivity index is 1.66. The summed E-state index contributed by atoms with van der Waals surface area (Å²) in [5.41, 5.74) is 0.424. The summed E-state index contributed by atoms with van der Waals surface area (Å²) in [6, 6.07) is 17.1. The zero-order chi connectivity index (χ0) is 22.7. The van der Waals surface area contributed by atoms with Crippen LogP contribution in [0.25, 0.3) is 11.0 Å². The number of methoxy groups -OCH3 is 1. The molecule has 0 radical (unpaired) electrons. The first-order chi connectivity index (χ1) is 15.5. The van der Waals surface area contributed by atoms with Crippen molar-refractivity contribution in [2.24, 2.45) is 0 Å². The van der Waals surface area contributed by atoms with Gasteiger partial charge in [-0.1, -0.05) is 12.1 Å². The van der Waals surface area contributed by atoms with Gasteiger partial charge in [-0.25, -0.2) is 22.5 Å². The van der Waals surface area contributed by atoms with E-state index in [1.165, 1.54) is 37.6 Å². The monoisotopic (exact) mass is 451 g/mol. The minimum atomic E-state index is -3.07. The molecule has 9 nitrogen and oxygen atoms in total. The van der Waals surface area contributed by atoms with Crippen molar-refractivity contribution in [2.75, 3.05) is 16.7 Å². The summed E-state index contributed by atoms with van der Waals surface area (Å²) in [5.74, 6) is 0.142. The Kier molecular flexibility index (Phi) is 5.86. The number of hydrogen-bond donors (Lipinski definition) is 2. The minimum Gasteiger partial charge on any atom is -0.497 e. The highest BCUT2D eigenvalue weighted by molar-refractivity contribution is 7.74. The molecule has 0 saturated heterocycles. The number of fused-ring (bicyclic) bond motifs is 1. The Hall–Kier alpha value is -4.18. The lowest BCUT2D eigenvalue weighted by molar-refractivity contribution is 0.102. The molecule has 1 N–H and O–H groups in total. The smallest absolute Gasteiger partial charge is 0.336 e. The highest BCUT2D eigenvalue weighted by Crippen LogP contribution is 2.28. The van der Waals surface area contributed by atoms with Gasteiger partial charge in [0, 0.05) is 29.4 Å². The van der Waals surface area contributed by atoms with Crippen LogP contribution in [0.5, 0.6) is 5.75 Å². The van der Waals surface area contributed by atoms with Crippen LogP contribution in [0.2, 0.25) is 0 Å². The summed E-state index contributed by atoms with van der Waals surface area (Å²) in [6.07, 6.45) is 1.38. The van der Waals surface area contributed by atoms with Gasteiger partial charge in [-0.05, 0) is 42.5 Å². The van der Waals surface area contributed by atoms with Crippen molar-refractivity contribution >= 4 is 45.0 Å². The molecule has 0 bridgehead atoms. The van der Waals surface area contributed by atoms with Crippen LogP contribution in [0, 0.1) is 0 Å². The Morgan fingerprint density at radius 2 is 1.84 bits per heavy atom. The first-order valence-corrected chi connectivity index (χ1v) is 10.5. The number of para-hydroxylation sites is 1. The molecule has 0 aliphatic rings. The summed E-state index contributed by atoms with van der Waals surface area (Å²) in [5, 5.41) is 3.29. The topological polar surface area (TPSA) is 119 Å². The predicted molar refractivity (Wildman–Crippen MR) is 120 cm³/mol. The Morgan fingerprint density at radius 3 is 2.56 bits per heavy atom. The highest BCUT2D eigenvalue weighted by atomic mass is 32.2. The zero-order valence-electron chi connectivity index (χ0n) is 16.7. The number of pyridine rings is 1. The van der Waals surface area contributed by atoms with Gasteiger partial charge in [-0.3, -0.25) is 4.79 Å². The fraction of sp³-hybridized carbons (Fsp3) is 0.0455. The number of aromatic nitrogens is 1. The second-order valence-electron chi connectivity index (χ2n) is 6.58. The lowest BCUT2D eigenvalue weighted by Crippen LogP contribution is -2.17. The quantitative estimate of drug-likeness (QED) is 0.341.